The van der Waals surface area contributed by atoms with Crippen LogP contribution in [0.3, 0.4) is 0 Å². The van der Waals surface area contributed by atoms with E-state index in [4.69, 9.17) is 37.9 Å². The van der Waals surface area contributed by atoms with E-state index in [0.29, 0.717) is 36.0 Å². The van der Waals surface area contributed by atoms with Crippen LogP contribution in [0.1, 0.15) is 98.8 Å². The monoisotopic (exact) mass is 1060 g/mol. The van der Waals surface area contributed by atoms with Crippen molar-refractivity contribution in [3.8, 4) is 0 Å². The van der Waals surface area contributed by atoms with Gasteiger partial charge in [-0.05, 0) is 104 Å². The van der Waals surface area contributed by atoms with E-state index in [0.717, 1.165) is 38.5 Å². The minimum atomic E-state index is -1.93. The predicted octanol–water partition coefficient (Wildman–Crippen LogP) is -2.10. The van der Waals surface area contributed by atoms with Gasteiger partial charge in [0.1, 0.15) is 97.7 Å². The van der Waals surface area contributed by atoms with Gasteiger partial charge in [-0.15, -0.1) is 0 Å². The zero-order chi connectivity index (χ0) is 53.7. The summed E-state index contributed by atoms with van der Waals surface area (Å²) in [4.78, 5) is 0. The molecule has 30 unspecified atom stereocenters. The molecule has 0 aromatic carbocycles. The minimum Gasteiger partial charge on any atom is -0.394 e. The standard InChI is InChI=1S/C52H88O22/c1-22(6-7-23(2)28-10-11-29-27-9-8-25-16-26(12-14-51(25,4)30(27)13-15-52(28,29)5)68-47-42(64)38(60)35(57)31(17-53)69-47)24(3)21-67-50-46(40(62)37(59)33(19-55)71-50)74-49-44(66)41(63)45(34(20-56)72-49)73-48-43(65)39(61)36(58)32(18-54)70-48/h8,22-24,26-50,53-66H,6-7,9-21H2,1-5H3. The fourth-order valence-corrected chi connectivity index (χ4v) is 14.7. The maximum atomic E-state index is 11.3. The summed E-state index contributed by atoms with van der Waals surface area (Å²) >= 11 is 0. The molecular weight excluding hydrogens is 977 g/mol. The van der Waals surface area contributed by atoms with Gasteiger partial charge in [0.25, 0.3) is 0 Å². The average molecular weight is 1070 g/mol. The second kappa shape index (κ2) is 24.3. The lowest BCUT2D eigenvalue weighted by Gasteiger charge is -2.58. The Morgan fingerprint density at radius 2 is 1.04 bits per heavy atom. The van der Waals surface area contributed by atoms with Gasteiger partial charge in [0, 0.05) is 0 Å². The van der Waals surface area contributed by atoms with Crippen molar-refractivity contribution in [2.75, 3.05) is 33.0 Å². The molecule has 0 bridgehead atoms. The average Bonchev–Trinajstić information content (AvgIpc) is 3.75. The van der Waals surface area contributed by atoms with Crippen LogP contribution in [0.4, 0.5) is 0 Å². The number of ether oxygens (including phenoxy) is 8. The molecule has 22 nitrogen and oxygen atoms in total. The van der Waals surface area contributed by atoms with Crippen LogP contribution >= 0.6 is 0 Å². The summed E-state index contributed by atoms with van der Waals surface area (Å²) < 4.78 is 46.9. The van der Waals surface area contributed by atoms with E-state index < -0.39 is 149 Å². The first-order valence-electron chi connectivity index (χ1n) is 27.3. The van der Waals surface area contributed by atoms with Crippen LogP contribution < -0.4 is 0 Å². The molecule has 22 heteroatoms. The van der Waals surface area contributed by atoms with E-state index in [1.165, 1.54) is 24.8 Å². The van der Waals surface area contributed by atoms with Crippen molar-refractivity contribution in [3.63, 3.8) is 0 Å². The maximum Gasteiger partial charge on any atom is 0.187 e. The van der Waals surface area contributed by atoms with Gasteiger partial charge in [-0.2, -0.15) is 0 Å². The van der Waals surface area contributed by atoms with Crippen LogP contribution in [0.25, 0.3) is 0 Å². The van der Waals surface area contributed by atoms with Crippen LogP contribution in [0.5, 0.6) is 0 Å². The summed E-state index contributed by atoms with van der Waals surface area (Å²) in [6, 6.07) is 0. The highest BCUT2D eigenvalue weighted by atomic mass is 16.8. The fourth-order valence-electron chi connectivity index (χ4n) is 14.7. The summed E-state index contributed by atoms with van der Waals surface area (Å²) in [5, 5.41) is 146. The molecule has 428 valence electrons. The largest absolute Gasteiger partial charge is 0.394 e. The predicted molar refractivity (Wildman–Crippen MR) is 256 cm³/mol. The Morgan fingerprint density at radius 3 is 1.64 bits per heavy atom. The summed E-state index contributed by atoms with van der Waals surface area (Å²) in [5.74, 6) is 2.97. The van der Waals surface area contributed by atoms with Gasteiger partial charge in [-0.3, -0.25) is 0 Å². The zero-order valence-corrected chi connectivity index (χ0v) is 43.4. The van der Waals surface area contributed by atoms with Gasteiger partial charge in [0.05, 0.1) is 39.1 Å². The van der Waals surface area contributed by atoms with E-state index >= 15 is 0 Å². The van der Waals surface area contributed by atoms with Crippen molar-refractivity contribution < 1.29 is 109 Å². The molecule has 30 atom stereocenters. The van der Waals surface area contributed by atoms with Crippen molar-refractivity contribution in [3.05, 3.63) is 11.6 Å². The van der Waals surface area contributed by atoms with E-state index in [9.17, 15) is 71.5 Å². The number of aliphatic hydroxyl groups is 14. The van der Waals surface area contributed by atoms with Gasteiger partial charge < -0.3 is 109 Å². The lowest BCUT2D eigenvalue weighted by Crippen LogP contribution is -2.66. The Balaban J connectivity index is 0.836. The number of allylic oxidation sites excluding steroid dienone is 1. The molecule has 4 heterocycles. The molecule has 7 fully saturated rings. The van der Waals surface area contributed by atoms with Gasteiger partial charge >= 0.3 is 0 Å². The maximum absolute atomic E-state index is 11.3. The summed E-state index contributed by atoms with van der Waals surface area (Å²) in [5.41, 5.74) is 1.65. The molecular formula is C52H88O22. The molecule has 3 saturated carbocycles. The fraction of sp³-hybridized carbons (Fsp3) is 0.962. The molecule has 8 aliphatic rings. The quantitative estimate of drug-likeness (QED) is 0.0654. The Hall–Kier alpha value is -1.14. The molecule has 0 aromatic heterocycles. The Kier molecular flexibility index (Phi) is 19.4. The molecule has 74 heavy (non-hydrogen) atoms. The molecule has 8 rings (SSSR count). The summed E-state index contributed by atoms with van der Waals surface area (Å²) in [6.07, 6.45) is -18.8. The molecule has 14 N–H and O–H groups in total. The normalized spacial score (nSPS) is 51.0. The van der Waals surface area contributed by atoms with Gasteiger partial charge in [-0.25, -0.2) is 0 Å². The Labute approximate surface area is 433 Å². The first-order valence-corrected chi connectivity index (χ1v) is 27.3. The van der Waals surface area contributed by atoms with Crippen LogP contribution in [0.15, 0.2) is 11.6 Å². The van der Waals surface area contributed by atoms with E-state index in [-0.39, 0.29) is 35.4 Å². The highest BCUT2D eigenvalue weighted by Crippen LogP contribution is 2.67. The summed E-state index contributed by atoms with van der Waals surface area (Å²) in [6.45, 7) is 8.95. The van der Waals surface area contributed by atoms with Crippen molar-refractivity contribution in [2.45, 2.75) is 228 Å². The molecule has 4 saturated heterocycles. The van der Waals surface area contributed by atoms with Gasteiger partial charge in [-0.1, -0.05) is 59.1 Å². The highest BCUT2D eigenvalue weighted by molar-refractivity contribution is 5.25. The highest BCUT2D eigenvalue weighted by Gasteiger charge is 2.60. The number of rotatable bonds is 18. The van der Waals surface area contributed by atoms with Crippen LogP contribution in [0.2, 0.25) is 0 Å². The minimum absolute atomic E-state index is 0.0236. The third-order valence-corrected chi connectivity index (χ3v) is 19.6. The molecule has 0 aromatic rings. The van der Waals surface area contributed by atoms with Gasteiger partial charge in [0.15, 0.2) is 25.2 Å². The molecule has 0 radical (unpaired) electrons. The molecule has 0 spiro atoms. The van der Waals surface area contributed by atoms with E-state index in [1.807, 2.05) is 6.92 Å². The van der Waals surface area contributed by atoms with Crippen molar-refractivity contribution in [2.24, 2.45) is 52.3 Å². The smallest absolute Gasteiger partial charge is 0.187 e. The number of aliphatic hydroxyl groups excluding tert-OH is 14. The van der Waals surface area contributed by atoms with Crippen molar-refractivity contribution >= 4 is 0 Å². The van der Waals surface area contributed by atoms with Crippen LogP contribution in [0, 0.1) is 52.3 Å². The van der Waals surface area contributed by atoms with Crippen molar-refractivity contribution in [1.82, 2.24) is 0 Å². The Bertz CT molecular complexity index is 1830. The number of hydrogen-bond acceptors (Lipinski definition) is 22. The van der Waals surface area contributed by atoms with E-state index in [1.54, 1.807) is 0 Å². The zero-order valence-electron chi connectivity index (χ0n) is 43.4. The first kappa shape index (κ1) is 59.0. The number of fused-ring (bicyclic) bond motifs is 5. The van der Waals surface area contributed by atoms with Crippen LogP contribution in [-0.4, -0.2) is 233 Å². The van der Waals surface area contributed by atoms with E-state index in [2.05, 4.69) is 33.8 Å². The van der Waals surface area contributed by atoms with Gasteiger partial charge in [0.2, 0.25) is 0 Å². The second-order valence-corrected chi connectivity index (χ2v) is 23.8. The Morgan fingerprint density at radius 1 is 0.527 bits per heavy atom. The van der Waals surface area contributed by atoms with Crippen molar-refractivity contribution in [1.29, 1.82) is 0 Å². The molecule has 0 amide bonds. The lowest BCUT2D eigenvalue weighted by atomic mass is 9.47. The topological polar surface area (TPSA) is 357 Å². The number of hydrogen-bond donors (Lipinski definition) is 14. The lowest BCUT2D eigenvalue weighted by molar-refractivity contribution is -0.385. The third kappa shape index (κ3) is 11.3. The summed E-state index contributed by atoms with van der Waals surface area (Å²) in [7, 11) is 0. The molecule has 4 aliphatic carbocycles. The molecule has 4 aliphatic heterocycles. The third-order valence-electron chi connectivity index (χ3n) is 19.6. The first-order chi connectivity index (χ1) is 35.1. The SMILES string of the molecule is CC(CCC(C)C1CCC2C3CC=C4CC(OC5OC(CO)C(O)C(O)C5O)CCC4(C)C3CCC12C)C(C)COC1OC(CO)C(O)C(O)C1OC1OC(CO)C(OC2OC(CO)C(O)C(O)C2O)C(O)C1O. The van der Waals surface area contributed by atoms with Crippen LogP contribution in [-0.2, 0) is 37.9 Å². The second-order valence-electron chi connectivity index (χ2n) is 23.8.